The van der Waals surface area contributed by atoms with Gasteiger partial charge in [0.15, 0.2) is 5.82 Å². The van der Waals surface area contributed by atoms with Crippen LogP contribution in [0.3, 0.4) is 0 Å². The lowest BCUT2D eigenvalue weighted by atomic mass is 10.0. The minimum Gasteiger partial charge on any atom is -0.497 e. The van der Waals surface area contributed by atoms with Gasteiger partial charge in [0.1, 0.15) is 29.1 Å². The molecule has 0 aliphatic heterocycles. The summed E-state index contributed by atoms with van der Waals surface area (Å²) in [5, 5.41) is 15.5. The number of esters is 1. The SMILES string of the molecule is COc1cc(OC)cc([C@H](Nc2ccc(C(=N)N)c(OC(C)=O)c2)c2nn(-c3ncccn3)c(=O)[nH]2)c1. The van der Waals surface area contributed by atoms with Gasteiger partial charge in [-0.15, -0.1) is 9.78 Å². The normalized spacial score (nSPS) is 11.4. The number of benzene rings is 2. The van der Waals surface area contributed by atoms with Crippen LogP contribution < -0.4 is 31.0 Å². The van der Waals surface area contributed by atoms with Crippen LogP contribution in [0.15, 0.2) is 59.7 Å². The zero-order chi connectivity index (χ0) is 26.5. The molecule has 190 valence electrons. The van der Waals surface area contributed by atoms with E-state index in [1.165, 1.54) is 39.6 Å². The molecule has 13 heteroatoms. The van der Waals surface area contributed by atoms with Gasteiger partial charge in [-0.1, -0.05) is 0 Å². The monoisotopic (exact) mass is 504 g/mol. The highest BCUT2D eigenvalue weighted by molar-refractivity contribution is 5.98. The highest BCUT2D eigenvalue weighted by Crippen LogP contribution is 2.32. The lowest BCUT2D eigenvalue weighted by molar-refractivity contribution is -0.131. The van der Waals surface area contributed by atoms with Crippen molar-refractivity contribution in [2.45, 2.75) is 13.0 Å². The molecule has 0 unspecified atom stereocenters. The number of nitrogens with zero attached hydrogens (tertiary/aromatic N) is 4. The Morgan fingerprint density at radius 3 is 2.38 bits per heavy atom. The molecule has 0 saturated carbocycles. The lowest BCUT2D eigenvalue weighted by Gasteiger charge is -2.20. The second kappa shape index (κ2) is 10.6. The van der Waals surface area contributed by atoms with Crippen LogP contribution in [0.1, 0.15) is 29.9 Å². The number of nitrogen functional groups attached to an aromatic ring is 1. The Hall–Kier alpha value is -5.20. The van der Waals surface area contributed by atoms with Crippen molar-refractivity contribution in [3.63, 3.8) is 0 Å². The number of nitrogens with one attached hydrogen (secondary N) is 3. The van der Waals surface area contributed by atoms with E-state index >= 15 is 0 Å². The zero-order valence-electron chi connectivity index (χ0n) is 20.2. The number of nitrogens with two attached hydrogens (primary N) is 1. The van der Waals surface area contributed by atoms with Crippen molar-refractivity contribution in [1.29, 1.82) is 5.41 Å². The molecule has 37 heavy (non-hydrogen) atoms. The third kappa shape index (κ3) is 5.56. The Kier molecular flexibility index (Phi) is 7.14. The van der Waals surface area contributed by atoms with E-state index in [1.807, 2.05) is 0 Å². The van der Waals surface area contributed by atoms with Gasteiger partial charge in [-0.3, -0.25) is 15.2 Å². The smallest absolute Gasteiger partial charge is 0.350 e. The summed E-state index contributed by atoms with van der Waals surface area (Å²) < 4.78 is 17.1. The second-order valence-electron chi connectivity index (χ2n) is 7.72. The van der Waals surface area contributed by atoms with Gasteiger partial charge in [0, 0.05) is 37.1 Å². The van der Waals surface area contributed by atoms with Crippen molar-refractivity contribution >= 4 is 17.5 Å². The number of carbonyl (C=O) groups excluding carboxylic acids is 1. The summed E-state index contributed by atoms with van der Waals surface area (Å²) in [7, 11) is 3.05. The molecule has 0 aliphatic carbocycles. The van der Waals surface area contributed by atoms with Crippen LogP contribution in [0.4, 0.5) is 5.69 Å². The molecule has 0 fully saturated rings. The maximum atomic E-state index is 12.8. The fourth-order valence-corrected chi connectivity index (χ4v) is 3.55. The highest BCUT2D eigenvalue weighted by atomic mass is 16.5. The minimum absolute atomic E-state index is 0.0972. The van der Waals surface area contributed by atoms with Crippen molar-refractivity contribution < 1.29 is 19.0 Å². The van der Waals surface area contributed by atoms with Gasteiger partial charge in [0.25, 0.3) is 5.95 Å². The Morgan fingerprint density at radius 1 is 1.11 bits per heavy atom. The molecular formula is C24H24N8O5. The van der Waals surface area contributed by atoms with Crippen LogP contribution in [0, 0.1) is 5.41 Å². The number of rotatable bonds is 9. The van der Waals surface area contributed by atoms with Crippen LogP contribution in [-0.2, 0) is 4.79 Å². The minimum atomic E-state index is -0.741. The Bertz CT molecular complexity index is 1480. The van der Waals surface area contributed by atoms with Crippen LogP contribution in [-0.4, -0.2) is 50.8 Å². The number of aromatic nitrogens is 5. The largest absolute Gasteiger partial charge is 0.497 e. The standard InChI is InChI=1S/C24H24N8O5/c1-13(33)37-19-11-15(5-6-18(19)21(25)26)29-20(14-9-16(35-2)12-17(10-14)36-3)22-30-24(34)32(31-22)23-27-7-4-8-28-23/h4-12,20,29H,1-3H3,(H3,25,26)(H,30,31,34)/t20-/m0/s1. The summed E-state index contributed by atoms with van der Waals surface area (Å²) in [6.45, 7) is 1.25. The van der Waals surface area contributed by atoms with Crippen molar-refractivity contribution in [2.75, 3.05) is 19.5 Å². The third-order valence-corrected chi connectivity index (χ3v) is 5.19. The molecule has 1 atom stereocenters. The topological polar surface area (TPSA) is 183 Å². The first kappa shape index (κ1) is 24.9. The number of amidine groups is 1. The predicted molar refractivity (Wildman–Crippen MR) is 134 cm³/mol. The summed E-state index contributed by atoms with van der Waals surface area (Å²) >= 11 is 0. The second-order valence-corrected chi connectivity index (χ2v) is 7.72. The molecule has 4 aromatic rings. The maximum absolute atomic E-state index is 12.8. The quantitative estimate of drug-likeness (QED) is 0.113. The summed E-state index contributed by atoms with van der Waals surface area (Å²) in [4.78, 5) is 35.3. The van der Waals surface area contributed by atoms with Crippen LogP contribution >= 0.6 is 0 Å². The molecule has 2 heterocycles. The van der Waals surface area contributed by atoms with Gasteiger partial charge in [0.05, 0.1) is 19.8 Å². The van der Waals surface area contributed by atoms with Gasteiger partial charge in [0.2, 0.25) is 0 Å². The van der Waals surface area contributed by atoms with Gasteiger partial charge in [-0.25, -0.2) is 14.8 Å². The van der Waals surface area contributed by atoms with Gasteiger partial charge in [-0.05, 0) is 35.9 Å². The van der Waals surface area contributed by atoms with Gasteiger partial charge >= 0.3 is 11.7 Å². The molecule has 4 rings (SSSR count). The number of carbonyl (C=O) groups is 1. The number of ether oxygens (including phenoxy) is 3. The number of hydrogen-bond acceptors (Lipinski definition) is 10. The number of H-pyrrole nitrogens is 1. The molecule has 0 aliphatic rings. The summed E-state index contributed by atoms with van der Waals surface area (Å²) in [5.74, 6) is 0.632. The van der Waals surface area contributed by atoms with E-state index in [0.717, 1.165) is 4.68 Å². The molecule has 0 saturated heterocycles. The summed E-state index contributed by atoms with van der Waals surface area (Å²) in [6, 6.07) is 10.8. The van der Waals surface area contributed by atoms with E-state index in [9.17, 15) is 9.59 Å². The van der Waals surface area contributed by atoms with Crippen molar-refractivity contribution in [1.82, 2.24) is 24.7 Å². The van der Waals surface area contributed by atoms with E-state index in [-0.39, 0.29) is 28.9 Å². The molecular weight excluding hydrogens is 480 g/mol. The fraction of sp³-hybridized carbons (Fsp3) is 0.167. The molecule has 0 spiro atoms. The number of hydrogen-bond donors (Lipinski definition) is 4. The van der Waals surface area contributed by atoms with Crippen molar-refractivity contribution in [3.8, 4) is 23.2 Å². The van der Waals surface area contributed by atoms with E-state index in [1.54, 1.807) is 36.4 Å². The lowest BCUT2D eigenvalue weighted by Crippen LogP contribution is -2.18. The van der Waals surface area contributed by atoms with E-state index in [4.69, 9.17) is 25.4 Å². The Balaban J connectivity index is 1.83. The molecule has 0 radical (unpaired) electrons. The highest BCUT2D eigenvalue weighted by Gasteiger charge is 2.23. The Morgan fingerprint density at radius 2 is 1.78 bits per heavy atom. The van der Waals surface area contributed by atoms with Gasteiger partial charge < -0.3 is 25.3 Å². The number of methoxy groups -OCH3 is 2. The number of aromatic amines is 1. The average molecular weight is 505 g/mol. The van der Waals surface area contributed by atoms with Crippen LogP contribution in [0.2, 0.25) is 0 Å². The van der Waals surface area contributed by atoms with E-state index in [0.29, 0.717) is 22.7 Å². The van der Waals surface area contributed by atoms with Crippen molar-refractivity contribution in [2.24, 2.45) is 5.73 Å². The number of anilines is 1. The van der Waals surface area contributed by atoms with Crippen LogP contribution in [0.25, 0.3) is 5.95 Å². The van der Waals surface area contributed by atoms with Crippen LogP contribution in [0.5, 0.6) is 17.2 Å². The molecule has 2 aromatic heterocycles. The molecule has 0 amide bonds. The average Bonchev–Trinajstić information content (AvgIpc) is 3.28. The first-order valence-corrected chi connectivity index (χ1v) is 10.9. The molecule has 13 nitrogen and oxygen atoms in total. The first-order chi connectivity index (χ1) is 17.8. The van der Waals surface area contributed by atoms with Crippen molar-refractivity contribution in [3.05, 3.63) is 82.3 Å². The molecule has 5 N–H and O–H groups in total. The molecule has 0 bridgehead atoms. The summed E-state index contributed by atoms with van der Waals surface area (Å²) in [5.41, 5.74) is 6.47. The first-order valence-electron chi connectivity index (χ1n) is 10.9. The third-order valence-electron chi connectivity index (χ3n) is 5.19. The maximum Gasteiger partial charge on any atom is 0.350 e. The van der Waals surface area contributed by atoms with E-state index < -0.39 is 17.7 Å². The fourth-order valence-electron chi connectivity index (χ4n) is 3.55. The van der Waals surface area contributed by atoms with E-state index in [2.05, 4.69) is 25.4 Å². The summed E-state index contributed by atoms with van der Waals surface area (Å²) in [6.07, 6.45) is 3.00. The molecule has 2 aromatic carbocycles. The predicted octanol–water partition coefficient (Wildman–Crippen LogP) is 1.78. The Labute approximate surface area is 210 Å². The zero-order valence-corrected chi connectivity index (χ0v) is 20.2. The van der Waals surface area contributed by atoms with Gasteiger partial charge in [-0.2, -0.15) is 0 Å².